The lowest BCUT2D eigenvalue weighted by Crippen LogP contribution is -2.48. The molecule has 1 fully saturated rings. The number of piperidine rings is 1. The maximum Gasteiger partial charge on any atom is 0.243 e. The molecule has 7 nitrogen and oxygen atoms in total. The lowest BCUT2D eigenvalue weighted by Gasteiger charge is -2.26. The zero-order valence-corrected chi connectivity index (χ0v) is 17.0. The van der Waals surface area contributed by atoms with Gasteiger partial charge in [-0.1, -0.05) is 32.4 Å². The second-order valence-corrected chi connectivity index (χ2v) is 9.19. The van der Waals surface area contributed by atoms with Crippen LogP contribution in [0.5, 0.6) is 0 Å². The molecule has 1 saturated heterocycles. The van der Waals surface area contributed by atoms with E-state index in [-0.39, 0.29) is 29.2 Å². The van der Waals surface area contributed by atoms with Crippen LogP contribution in [0.1, 0.15) is 45.6 Å². The van der Waals surface area contributed by atoms with Crippen molar-refractivity contribution in [2.75, 3.05) is 13.1 Å². The SMILES string of the molecule is CC(=O)NC(C(=O)NCc1ccc(S(=O)(=O)N2CCCCC2)cc1)C(C)C. The van der Waals surface area contributed by atoms with Gasteiger partial charge in [0.2, 0.25) is 21.8 Å². The van der Waals surface area contributed by atoms with Gasteiger partial charge in [-0.2, -0.15) is 4.31 Å². The van der Waals surface area contributed by atoms with E-state index in [0.717, 1.165) is 24.8 Å². The first-order valence-corrected chi connectivity index (χ1v) is 10.8. The molecular weight excluding hydrogens is 366 g/mol. The molecule has 1 heterocycles. The first kappa shape index (κ1) is 21.4. The fraction of sp³-hybridized carbons (Fsp3) is 0.579. The summed E-state index contributed by atoms with van der Waals surface area (Å²) in [7, 11) is -3.45. The molecule has 1 aliphatic heterocycles. The normalized spacial score (nSPS) is 16.7. The third-order valence-electron chi connectivity index (χ3n) is 4.65. The van der Waals surface area contributed by atoms with Crippen molar-refractivity contribution in [2.45, 2.75) is 57.5 Å². The molecule has 27 heavy (non-hydrogen) atoms. The second-order valence-electron chi connectivity index (χ2n) is 7.25. The van der Waals surface area contributed by atoms with E-state index >= 15 is 0 Å². The first-order valence-electron chi connectivity index (χ1n) is 9.35. The number of nitrogens with zero attached hydrogens (tertiary/aromatic N) is 1. The highest BCUT2D eigenvalue weighted by Crippen LogP contribution is 2.20. The summed E-state index contributed by atoms with van der Waals surface area (Å²) in [5.41, 5.74) is 0.797. The number of benzene rings is 1. The molecule has 0 aromatic heterocycles. The average molecular weight is 396 g/mol. The summed E-state index contributed by atoms with van der Waals surface area (Å²) in [5, 5.41) is 5.44. The molecule has 2 amide bonds. The standard InChI is InChI=1S/C19H29N3O4S/c1-14(2)18(21-15(3)23)19(24)20-13-16-7-9-17(10-8-16)27(25,26)22-11-5-4-6-12-22/h7-10,14,18H,4-6,11-13H2,1-3H3,(H,20,24)(H,21,23). The van der Waals surface area contributed by atoms with Gasteiger partial charge in [-0.15, -0.1) is 0 Å². The Morgan fingerprint density at radius 3 is 2.19 bits per heavy atom. The maximum absolute atomic E-state index is 12.6. The zero-order valence-electron chi connectivity index (χ0n) is 16.2. The molecule has 0 saturated carbocycles. The second kappa shape index (κ2) is 9.32. The number of carbonyl (C=O) groups is 2. The molecule has 0 spiro atoms. The van der Waals surface area contributed by atoms with Gasteiger partial charge >= 0.3 is 0 Å². The highest BCUT2D eigenvalue weighted by atomic mass is 32.2. The fourth-order valence-corrected chi connectivity index (χ4v) is 4.60. The molecule has 1 unspecified atom stereocenters. The summed E-state index contributed by atoms with van der Waals surface area (Å²) in [6.45, 7) is 6.51. The van der Waals surface area contributed by atoms with Gasteiger partial charge in [0.05, 0.1) is 4.90 Å². The lowest BCUT2D eigenvalue weighted by molar-refractivity contribution is -0.129. The predicted octanol–water partition coefficient (Wildman–Crippen LogP) is 1.64. The van der Waals surface area contributed by atoms with Crippen LogP contribution >= 0.6 is 0 Å². The van der Waals surface area contributed by atoms with E-state index in [1.54, 1.807) is 24.3 Å². The van der Waals surface area contributed by atoms with Crippen LogP contribution in [0.3, 0.4) is 0 Å². The van der Waals surface area contributed by atoms with Crippen molar-refractivity contribution < 1.29 is 18.0 Å². The molecule has 1 aromatic rings. The van der Waals surface area contributed by atoms with E-state index in [9.17, 15) is 18.0 Å². The minimum Gasteiger partial charge on any atom is -0.350 e. The highest BCUT2D eigenvalue weighted by Gasteiger charge is 2.26. The van der Waals surface area contributed by atoms with Crippen LogP contribution in [0.4, 0.5) is 0 Å². The number of sulfonamides is 1. The number of amides is 2. The molecule has 1 aliphatic rings. The van der Waals surface area contributed by atoms with Gasteiger partial charge in [0, 0.05) is 26.6 Å². The van der Waals surface area contributed by atoms with E-state index in [1.165, 1.54) is 11.2 Å². The van der Waals surface area contributed by atoms with E-state index in [4.69, 9.17) is 0 Å². The van der Waals surface area contributed by atoms with Gasteiger partial charge in [-0.25, -0.2) is 8.42 Å². The van der Waals surface area contributed by atoms with E-state index in [1.807, 2.05) is 13.8 Å². The molecule has 1 aromatic carbocycles. The van der Waals surface area contributed by atoms with Crippen LogP contribution in [0.2, 0.25) is 0 Å². The Balaban J connectivity index is 1.99. The van der Waals surface area contributed by atoms with Gasteiger partial charge < -0.3 is 10.6 Å². The number of nitrogens with one attached hydrogen (secondary N) is 2. The van der Waals surface area contributed by atoms with Gasteiger partial charge in [0.25, 0.3) is 0 Å². The lowest BCUT2D eigenvalue weighted by atomic mass is 10.0. The Hall–Kier alpha value is -1.93. The van der Waals surface area contributed by atoms with Crippen molar-refractivity contribution in [3.63, 3.8) is 0 Å². The van der Waals surface area contributed by atoms with Crippen molar-refractivity contribution in [2.24, 2.45) is 5.92 Å². The quantitative estimate of drug-likeness (QED) is 0.734. The third-order valence-corrected chi connectivity index (χ3v) is 6.56. The molecule has 0 aliphatic carbocycles. The monoisotopic (exact) mass is 395 g/mol. The maximum atomic E-state index is 12.6. The molecule has 8 heteroatoms. The summed E-state index contributed by atoms with van der Waals surface area (Å²) < 4.78 is 26.8. The summed E-state index contributed by atoms with van der Waals surface area (Å²) >= 11 is 0. The van der Waals surface area contributed by atoms with Gasteiger partial charge in [0.15, 0.2) is 0 Å². The Bertz CT molecular complexity index is 754. The summed E-state index contributed by atoms with van der Waals surface area (Å²) in [4.78, 5) is 23.8. The topological polar surface area (TPSA) is 95.6 Å². The van der Waals surface area contributed by atoms with Crippen molar-refractivity contribution >= 4 is 21.8 Å². The molecule has 150 valence electrons. The summed E-state index contributed by atoms with van der Waals surface area (Å²) in [6, 6.07) is 5.99. The highest BCUT2D eigenvalue weighted by molar-refractivity contribution is 7.89. The molecule has 1 atom stereocenters. The van der Waals surface area contributed by atoms with Crippen LogP contribution in [-0.4, -0.2) is 43.7 Å². The van der Waals surface area contributed by atoms with Crippen LogP contribution in [0, 0.1) is 5.92 Å². The Morgan fingerprint density at radius 1 is 1.07 bits per heavy atom. The number of hydrogen-bond acceptors (Lipinski definition) is 4. The van der Waals surface area contributed by atoms with Crippen LogP contribution in [-0.2, 0) is 26.2 Å². The van der Waals surface area contributed by atoms with Gasteiger partial charge in [-0.3, -0.25) is 9.59 Å². The minimum atomic E-state index is -3.45. The van der Waals surface area contributed by atoms with E-state index in [2.05, 4.69) is 10.6 Å². The average Bonchev–Trinajstić information content (AvgIpc) is 2.65. The van der Waals surface area contributed by atoms with Gasteiger partial charge in [-0.05, 0) is 36.5 Å². The van der Waals surface area contributed by atoms with Crippen molar-refractivity contribution in [3.8, 4) is 0 Å². The number of hydrogen-bond donors (Lipinski definition) is 2. The van der Waals surface area contributed by atoms with Crippen molar-refractivity contribution in [3.05, 3.63) is 29.8 Å². The Kier molecular flexibility index (Phi) is 7.38. The predicted molar refractivity (Wildman–Crippen MR) is 103 cm³/mol. The molecule has 2 rings (SSSR count). The van der Waals surface area contributed by atoms with E-state index < -0.39 is 16.1 Å². The molecule has 0 bridgehead atoms. The fourth-order valence-electron chi connectivity index (χ4n) is 3.09. The number of rotatable bonds is 7. The number of carbonyl (C=O) groups excluding carboxylic acids is 2. The van der Waals surface area contributed by atoms with Crippen LogP contribution in [0.25, 0.3) is 0 Å². The van der Waals surface area contributed by atoms with Gasteiger partial charge in [0.1, 0.15) is 6.04 Å². The Labute approximate surface area is 161 Å². The summed E-state index contributed by atoms with van der Waals surface area (Å²) in [6.07, 6.45) is 2.86. The molecule has 2 N–H and O–H groups in total. The minimum absolute atomic E-state index is 0.0361. The van der Waals surface area contributed by atoms with E-state index in [0.29, 0.717) is 13.1 Å². The summed E-state index contributed by atoms with van der Waals surface area (Å²) in [5.74, 6) is -0.549. The zero-order chi connectivity index (χ0) is 20.0. The third kappa shape index (κ3) is 5.77. The smallest absolute Gasteiger partial charge is 0.243 e. The van der Waals surface area contributed by atoms with Crippen LogP contribution in [0.15, 0.2) is 29.2 Å². The van der Waals surface area contributed by atoms with Crippen LogP contribution < -0.4 is 10.6 Å². The largest absolute Gasteiger partial charge is 0.350 e. The Morgan fingerprint density at radius 2 is 1.67 bits per heavy atom. The first-order chi connectivity index (χ1) is 12.7. The molecular formula is C19H29N3O4S. The molecule has 0 radical (unpaired) electrons. The van der Waals surface area contributed by atoms with Crippen molar-refractivity contribution in [1.29, 1.82) is 0 Å². The van der Waals surface area contributed by atoms with Crippen molar-refractivity contribution in [1.82, 2.24) is 14.9 Å².